The van der Waals surface area contributed by atoms with Crippen LogP contribution in [0.1, 0.15) is 15.9 Å². The summed E-state index contributed by atoms with van der Waals surface area (Å²) in [5.41, 5.74) is 2.53. The summed E-state index contributed by atoms with van der Waals surface area (Å²) in [6, 6.07) is 23.5. The Kier molecular flexibility index (Phi) is 5.83. The summed E-state index contributed by atoms with van der Waals surface area (Å²) in [5.74, 6) is 0.690. The van der Waals surface area contributed by atoms with Crippen LogP contribution in [0.4, 0.5) is 5.13 Å². The molecule has 1 amide bonds. The fourth-order valence-electron chi connectivity index (χ4n) is 3.02. The quantitative estimate of drug-likeness (QED) is 0.366. The first-order chi connectivity index (χ1) is 14.2. The molecule has 1 heterocycles. The maximum absolute atomic E-state index is 13.4. The van der Waals surface area contributed by atoms with Crippen LogP contribution in [-0.2, 0) is 6.54 Å². The van der Waals surface area contributed by atoms with E-state index in [0.29, 0.717) is 17.2 Å². The largest absolute Gasteiger partial charge is 0.497 e. The molecule has 0 aliphatic carbocycles. The van der Waals surface area contributed by atoms with Crippen molar-refractivity contribution in [3.8, 4) is 5.75 Å². The van der Waals surface area contributed by atoms with Gasteiger partial charge in [0.15, 0.2) is 5.13 Å². The van der Waals surface area contributed by atoms with Crippen molar-refractivity contribution in [2.24, 2.45) is 0 Å². The van der Waals surface area contributed by atoms with Crippen LogP contribution in [0.25, 0.3) is 10.2 Å². The van der Waals surface area contributed by atoms with Crippen molar-refractivity contribution in [1.29, 1.82) is 0 Å². The number of thioether (sulfide) groups is 1. The summed E-state index contributed by atoms with van der Waals surface area (Å²) < 4.78 is 6.33. The molecule has 6 heteroatoms. The minimum atomic E-state index is -0.0625. The number of hydrogen-bond donors (Lipinski definition) is 0. The summed E-state index contributed by atoms with van der Waals surface area (Å²) in [6.07, 6.45) is 2.02. The molecule has 0 saturated carbocycles. The zero-order valence-corrected chi connectivity index (χ0v) is 17.8. The van der Waals surface area contributed by atoms with Gasteiger partial charge in [-0.1, -0.05) is 41.7 Å². The van der Waals surface area contributed by atoms with E-state index in [1.54, 1.807) is 23.8 Å². The van der Waals surface area contributed by atoms with Gasteiger partial charge in [0.25, 0.3) is 5.91 Å². The minimum Gasteiger partial charge on any atom is -0.497 e. The highest BCUT2D eigenvalue weighted by molar-refractivity contribution is 7.98. The van der Waals surface area contributed by atoms with Crippen LogP contribution >= 0.6 is 23.1 Å². The molecule has 4 rings (SSSR count). The van der Waals surface area contributed by atoms with E-state index in [2.05, 4.69) is 0 Å². The Morgan fingerprint density at radius 2 is 1.83 bits per heavy atom. The zero-order chi connectivity index (χ0) is 20.2. The molecule has 0 unspecified atom stereocenters. The van der Waals surface area contributed by atoms with Crippen LogP contribution in [0.15, 0.2) is 77.7 Å². The van der Waals surface area contributed by atoms with Gasteiger partial charge in [0.2, 0.25) is 0 Å². The van der Waals surface area contributed by atoms with Gasteiger partial charge in [-0.25, -0.2) is 4.98 Å². The third-order valence-electron chi connectivity index (χ3n) is 4.58. The van der Waals surface area contributed by atoms with Crippen LogP contribution in [0, 0.1) is 0 Å². The fraction of sp³-hybridized carbons (Fsp3) is 0.130. The zero-order valence-electron chi connectivity index (χ0n) is 16.2. The van der Waals surface area contributed by atoms with Crippen molar-refractivity contribution < 1.29 is 9.53 Å². The molecule has 0 aliphatic heterocycles. The smallest absolute Gasteiger partial charge is 0.260 e. The van der Waals surface area contributed by atoms with Crippen LogP contribution < -0.4 is 9.64 Å². The number of carbonyl (C=O) groups excluding carboxylic acids is 1. The maximum Gasteiger partial charge on any atom is 0.260 e. The summed E-state index contributed by atoms with van der Waals surface area (Å²) in [4.78, 5) is 21.0. The van der Waals surface area contributed by atoms with Gasteiger partial charge in [0, 0.05) is 16.5 Å². The molecule has 0 fully saturated rings. The molecule has 1 aromatic heterocycles. The second-order valence-corrected chi connectivity index (χ2v) is 8.32. The van der Waals surface area contributed by atoms with Crippen LogP contribution in [0.3, 0.4) is 0 Å². The number of fused-ring (bicyclic) bond motifs is 1. The molecule has 0 spiro atoms. The lowest BCUT2D eigenvalue weighted by Gasteiger charge is -2.20. The number of carbonyl (C=O) groups is 1. The Balaban J connectivity index is 1.74. The van der Waals surface area contributed by atoms with Gasteiger partial charge in [-0.15, -0.1) is 11.8 Å². The van der Waals surface area contributed by atoms with E-state index >= 15 is 0 Å². The first kappa shape index (κ1) is 19.5. The number of methoxy groups -OCH3 is 1. The minimum absolute atomic E-state index is 0.0625. The standard InChI is InChI=1S/C23H20N2O2S2/c1-27-18-10-13-21-20(14-18)24-23(29-21)25(15-16-6-4-3-5-7-16)22(26)17-8-11-19(28-2)12-9-17/h3-14H,15H2,1-2H3. The first-order valence-corrected chi connectivity index (χ1v) is 11.2. The number of benzene rings is 3. The van der Waals surface area contributed by atoms with E-state index in [9.17, 15) is 4.79 Å². The van der Waals surface area contributed by atoms with E-state index in [4.69, 9.17) is 9.72 Å². The highest BCUT2D eigenvalue weighted by Crippen LogP contribution is 2.33. The average molecular weight is 421 g/mol. The number of aromatic nitrogens is 1. The Morgan fingerprint density at radius 1 is 1.07 bits per heavy atom. The predicted octanol–water partition coefficient (Wildman–Crippen LogP) is 5.87. The lowest BCUT2D eigenvalue weighted by molar-refractivity contribution is 0.0985. The second-order valence-electron chi connectivity index (χ2n) is 6.44. The van der Waals surface area contributed by atoms with Crippen molar-refractivity contribution in [1.82, 2.24) is 4.98 Å². The Labute approximate surface area is 178 Å². The van der Waals surface area contributed by atoms with Crippen LogP contribution in [-0.4, -0.2) is 24.3 Å². The van der Waals surface area contributed by atoms with Gasteiger partial charge in [-0.05, 0) is 48.2 Å². The highest BCUT2D eigenvalue weighted by atomic mass is 32.2. The molecule has 0 aliphatic rings. The number of thiazole rings is 1. The molecule has 4 nitrogen and oxygen atoms in total. The maximum atomic E-state index is 13.4. The van der Waals surface area contributed by atoms with Crippen molar-refractivity contribution in [2.75, 3.05) is 18.3 Å². The Bertz CT molecular complexity index is 1120. The van der Waals surface area contributed by atoms with Crippen molar-refractivity contribution in [3.63, 3.8) is 0 Å². The second kappa shape index (κ2) is 8.68. The van der Waals surface area contributed by atoms with Crippen molar-refractivity contribution >= 4 is 44.4 Å². The molecule has 0 saturated heterocycles. The van der Waals surface area contributed by atoms with Gasteiger partial charge in [0.1, 0.15) is 5.75 Å². The molecule has 4 aromatic rings. The number of hydrogen-bond acceptors (Lipinski definition) is 5. The average Bonchev–Trinajstić information content (AvgIpc) is 3.20. The third kappa shape index (κ3) is 4.28. The van der Waals surface area contributed by atoms with E-state index < -0.39 is 0 Å². The predicted molar refractivity (Wildman–Crippen MR) is 121 cm³/mol. The molecular formula is C23H20N2O2S2. The molecule has 0 radical (unpaired) electrons. The number of rotatable bonds is 6. The number of nitrogens with zero attached hydrogens (tertiary/aromatic N) is 2. The third-order valence-corrected chi connectivity index (χ3v) is 6.38. The highest BCUT2D eigenvalue weighted by Gasteiger charge is 2.22. The lowest BCUT2D eigenvalue weighted by Crippen LogP contribution is -2.30. The Hall–Kier alpha value is -2.83. The van der Waals surface area contributed by atoms with E-state index in [1.807, 2.05) is 79.1 Å². The number of anilines is 1. The summed E-state index contributed by atoms with van der Waals surface area (Å²) >= 11 is 3.16. The van der Waals surface area contributed by atoms with Gasteiger partial charge < -0.3 is 4.74 Å². The number of ether oxygens (including phenoxy) is 1. The number of amides is 1. The molecule has 0 bridgehead atoms. The van der Waals surface area contributed by atoms with E-state index in [0.717, 1.165) is 26.4 Å². The summed E-state index contributed by atoms with van der Waals surface area (Å²) in [6.45, 7) is 0.459. The molecular weight excluding hydrogens is 400 g/mol. The van der Waals surface area contributed by atoms with E-state index in [-0.39, 0.29) is 5.91 Å². The SMILES string of the molecule is COc1ccc2sc(N(Cc3ccccc3)C(=O)c3ccc(SC)cc3)nc2c1. The van der Waals surface area contributed by atoms with Crippen molar-refractivity contribution in [3.05, 3.63) is 83.9 Å². The van der Waals surface area contributed by atoms with Gasteiger partial charge in [-0.3, -0.25) is 9.69 Å². The van der Waals surface area contributed by atoms with Crippen molar-refractivity contribution in [2.45, 2.75) is 11.4 Å². The molecule has 0 N–H and O–H groups in total. The Morgan fingerprint density at radius 3 is 2.52 bits per heavy atom. The van der Waals surface area contributed by atoms with Crippen LogP contribution in [0.5, 0.6) is 5.75 Å². The molecule has 29 heavy (non-hydrogen) atoms. The normalized spacial score (nSPS) is 10.8. The summed E-state index contributed by atoms with van der Waals surface area (Å²) in [7, 11) is 1.64. The molecule has 146 valence electrons. The van der Waals surface area contributed by atoms with Gasteiger partial charge >= 0.3 is 0 Å². The molecule has 0 atom stereocenters. The molecule has 3 aromatic carbocycles. The van der Waals surface area contributed by atoms with E-state index in [1.165, 1.54) is 11.3 Å². The van der Waals surface area contributed by atoms with Crippen LogP contribution in [0.2, 0.25) is 0 Å². The fourth-order valence-corrected chi connectivity index (χ4v) is 4.37. The first-order valence-electron chi connectivity index (χ1n) is 9.12. The lowest BCUT2D eigenvalue weighted by atomic mass is 10.1. The summed E-state index contributed by atoms with van der Waals surface area (Å²) in [5, 5.41) is 0.677. The topological polar surface area (TPSA) is 42.4 Å². The van der Waals surface area contributed by atoms with Gasteiger partial charge in [0.05, 0.1) is 23.9 Å². The van der Waals surface area contributed by atoms with Gasteiger partial charge in [-0.2, -0.15) is 0 Å². The monoisotopic (exact) mass is 420 g/mol.